The van der Waals surface area contributed by atoms with Crippen LogP contribution >= 0.6 is 0 Å². The molecule has 192 valence electrons. The van der Waals surface area contributed by atoms with Crippen molar-refractivity contribution < 1.29 is 4.79 Å². The Kier molecular flexibility index (Phi) is 7.18. The van der Waals surface area contributed by atoms with Crippen molar-refractivity contribution in [2.75, 3.05) is 19.6 Å². The van der Waals surface area contributed by atoms with Gasteiger partial charge in [0.1, 0.15) is 6.33 Å². The molecule has 6 rings (SSSR count). The summed E-state index contributed by atoms with van der Waals surface area (Å²) in [5.41, 5.74) is 4.79. The third kappa shape index (κ3) is 5.26. The van der Waals surface area contributed by atoms with Gasteiger partial charge >= 0.3 is 6.03 Å². The van der Waals surface area contributed by atoms with Gasteiger partial charge in [-0.2, -0.15) is 0 Å². The molecule has 37 heavy (non-hydrogen) atoms. The summed E-state index contributed by atoms with van der Waals surface area (Å²) in [4.78, 5) is 29.1. The lowest BCUT2D eigenvalue weighted by atomic mass is 9.94. The van der Waals surface area contributed by atoms with Crippen molar-refractivity contribution in [2.24, 2.45) is 0 Å². The van der Waals surface area contributed by atoms with Gasteiger partial charge in [0.05, 0.1) is 6.04 Å². The number of carbonyl (C=O) groups is 1. The Labute approximate surface area is 220 Å². The van der Waals surface area contributed by atoms with Crippen LogP contribution in [0.4, 0.5) is 4.79 Å². The van der Waals surface area contributed by atoms with Gasteiger partial charge in [0.2, 0.25) is 0 Å². The number of urea groups is 1. The molecule has 0 bridgehead atoms. The van der Waals surface area contributed by atoms with E-state index in [9.17, 15) is 4.79 Å². The van der Waals surface area contributed by atoms with Crippen LogP contribution in [0.3, 0.4) is 0 Å². The second-order valence-corrected chi connectivity index (χ2v) is 10.9. The second-order valence-electron chi connectivity index (χ2n) is 10.9. The quantitative estimate of drug-likeness (QED) is 0.426. The molecule has 1 aromatic heterocycles. The molecular weight excluding hydrogens is 458 g/mol. The summed E-state index contributed by atoms with van der Waals surface area (Å²) in [6, 6.07) is 20.6. The Morgan fingerprint density at radius 1 is 0.757 bits per heavy atom. The summed E-state index contributed by atoms with van der Waals surface area (Å²) in [6.45, 7) is 3.83. The van der Waals surface area contributed by atoms with E-state index in [2.05, 4.69) is 79.3 Å². The minimum atomic E-state index is 0.168. The Hall–Kier alpha value is -3.25. The van der Waals surface area contributed by atoms with Crippen LogP contribution in [0.25, 0.3) is 11.1 Å². The molecule has 3 aliphatic rings. The molecule has 3 aromatic rings. The van der Waals surface area contributed by atoms with E-state index in [1.54, 1.807) is 6.33 Å². The molecule has 0 unspecified atom stereocenters. The number of rotatable bonds is 6. The van der Waals surface area contributed by atoms with Crippen LogP contribution in [0.1, 0.15) is 62.1 Å². The number of likely N-dealkylation sites (tertiary alicyclic amines) is 1. The summed E-state index contributed by atoms with van der Waals surface area (Å²) < 4.78 is 0. The first-order valence-corrected chi connectivity index (χ1v) is 14.0. The zero-order chi connectivity index (χ0) is 25.0. The maximum absolute atomic E-state index is 13.8. The van der Waals surface area contributed by atoms with Crippen molar-refractivity contribution in [1.82, 2.24) is 24.7 Å². The molecule has 3 heterocycles. The van der Waals surface area contributed by atoms with Crippen LogP contribution < -0.4 is 0 Å². The van der Waals surface area contributed by atoms with Gasteiger partial charge < -0.3 is 9.80 Å². The smallest absolute Gasteiger partial charge is 0.319 e. The fraction of sp³-hybridized carbons (Fsp3) is 0.452. The summed E-state index contributed by atoms with van der Waals surface area (Å²) in [6.07, 6.45) is 13.5. The molecule has 0 N–H and O–H groups in total. The third-order valence-corrected chi connectivity index (χ3v) is 8.58. The van der Waals surface area contributed by atoms with Crippen molar-refractivity contribution in [3.63, 3.8) is 0 Å². The highest BCUT2D eigenvalue weighted by molar-refractivity contribution is 5.78. The minimum Gasteiger partial charge on any atom is -0.319 e. The van der Waals surface area contributed by atoms with Crippen LogP contribution in [0.5, 0.6) is 0 Å². The van der Waals surface area contributed by atoms with Crippen LogP contribution in [0, 0.1) is 0 Å². The zero-order valence-electron chi connectivity index (χ0n) is 21.6. The lowest BCUT2D eigenvalue weighted by molar-refractivity contribution is 0.106. The lowest BCUT2D eigenvalue weighted by Crippen LogP contribution is -2.48. The third-order valence-electron chi connectivity index (χ3n) is 8.58. The van der Waals surface area contributed by atoms with Gasteiger partial charge in [-0.15, -0.1) is 0 Å². The predicted octanol–water partition coefficient (Wildman–Crippen LogP) is 5.92. The summed E-state index contributed by atoms with van der Waals surface area (Å²) in [5, 5.41) is 0. The number of piperidine rings is 1. The average Bonchev–Trinajstić information content (AvgIpc) is 3.32. The van der Waals surface area contributed by atoms with Crippen LogP contribution in [-0.4, -0.2) is 62.4 Å². The number of nitrogens with zero attached hydrogens (tertiary/aromatic N) is 5. The highest BCUT2D eigenvalue weighted by Crippen LogP contribution is 2.38. The maximum Gasteiger partial charge on any atom is 0.321 e. The standard InChI is InChI=1S/C31H37N5O/c37-31-35(28-9-5-2-6-10-28)22-30(26-7-3-1-4-8-26)36(31)29-15-17-34(18-16-29)21-24-11-13-25(14-12-24)27-19-32-23-33-20-27/h1,3-4,7-8,11-14,19-20,23,28-30H,2,5-6,9-10,15-18,21-22H2/t30-/m0/s1. The molecule has 1 saturated carbocycles. The van der Waals surface area contributed by atoms with E-state index in [-0.39, 0.29) is 12.1 Å². The monoisotopic (exact) mass is 495 g/mol. The highest BCUT2D eigenvalue weighted by atomic mass is 16.2. The molecular formula is C31H37N5O. The summed E-state index contributed by atoms with van der Waals surface area (Å²) >= 11 is 0. The van der Waals surface area contributed by atoms with E-state index in [0.29, 0.717) is 12.1 Å². The van der Waals surface area contributed by atoms with Gasteiger partial charge in [-0.1, -0.05) is 73.9 Å². The number of benzene rings is 2. The Morgan fingerprint density at radius 3 is 2.16 bits per heavy atom. The Balaban J connectivity index is 1.11. The maximum atomic E-state index is 13.8. The van der Waals surface area contributed by atoms with E-state index >= 15 is 0 Å². The first-order valence-electron chi connectivity index (χ1n) is 14.0. The molecule has 6 nitrogen and oxygen atoms in total. The first kappa shape index (κ1) is 24.1. The average molecular weight is 496 g/mol. The van der Waals surface area contributed by atoms with Crippen molar-refractivity contribution >= 4 is 6.03 Å². The molecule has 0 spiro atoms. The molecule has 1 aliphatic carbocycles. The van der Waals surface area contributed by atoms with E-state index < -0.39 is 0 Å². The summed E-state index contributed by atoms with van der Waals surface area (Å²) in [7, 11) is 0. The zero-order valence-corrected chi connectivity index (χ0v) is 21.6. The minimum absolute atomic E-state index is 0.168. The van der Waals surface area contributed by atoms with Crippen LogP contribution in [0.2, 0.25) is 0 Å². The van der Waals surface area contributed by atoms with Gasteiger partial charge in [-0.25, -0.2) is 14.8 Å². The number of aromatic nitrogens is 2. The van der Waals surface area contributed by atoms with E-state index in [4.69, 9.17) is 0 Å². The molecule has 2 saturated heterocycles. The topological polar surface area (TPSA) is 52.6 Å². The molecule has 6 heteroatoms. The first-order chi connectivity index (χ1) is 18.3. The highest BCUT2D eigenvalue weighted by Gasteiger charge is 2.45. The number of hydrogen-bond acceptors (Lipinski definition) is 4. The lowest BCUT2D eigenvalue weighted by Gasteiger charge is -2.39. The van der Waals surface area contributed by atoms with Gasteiger partial charge in [0.25, 0.3) is 0 Å². The number of amides is 2. The normalized spacial score (nSPS) is 22.1. The number of carbonyl (C=O) groups excluding carboxylic acids is 1. The van der Waals surface area contributed by atoms with Crippen LogP contribution in [0.15, 0.2) is 73.3 Å². The molecule has 2 amide bonds. The predicted molar refractivity (Wildman–Crippen MR) is 146 cm³/mol. The Morgan fingerprint density at radius 2 is 1.46 bits per heavy atom. The van der Waals surface area contributed by atoms with Gasteiger partial charge in [0, 0.05) is 56.2 Å². The van der Waals surface area contributed by atoms with Crippen molar-refractivity contribution in [3.8, 4) is 11.1 Å². The van der Waals surface area contributed by atoms with Gasteiger partial charge in [0.15, 0.2) is 0 Å². The Bertz CT molecular complexity index is 1160. The van der Waals surface area contributed by atoms with E-state index in [1.165, 1.54) is 30.4 Å². The largest absolute Gasteiger partial charge is 0.321 e. The second kappa shape index (κ2) is 11.0. The SMILES string of the molecule is O=C1N(C2CCCCC2)C[C@@H](c2ccccc2)N1C1CCN(Cc2ccc(-c3cncnc3)cc2)CC1. The molecule has 2 aliphatic heterocycles. The molecule has 3 fully saturated rings. The summed E-state index contributed by atoms with van der Waals surface area (Å²) in [5.74, 6) is 0. The van der Waals surface area contributed by atoms with Crippen molar-refractivity contribution in [1.29, 1.82) is 0 Å². The molecule has 2 aromatic carbocycles. The number of hydrogen-bond donors (Lipinski definition) is 0. The van der Waals surface area contributed by atoms with Crippen molar-refractivity contribution in [2.45, 2.75) is 69.6 Å². The van der Waals surface area contributed by atoms with Gasteiger partial charge in [-0.05, 0) is 42.4 Å². The molecule has 0 radical (unpaired) electrons. The van der Waals surface area contributed by atoms with Crippen molar-refractivity contribution in [3.05, 3.63) is 84.4 Å². The van der Waals surface area contributed by atoms with E-state index in [0.717, 1.165) is 63.0 Å². The fourth-order valence-electron chi connectivity index (χ4n) is 6.55. The molecule has 1 atom stereocenters. The van der Waals surface area contributed by atoms with Gasteiger partial charge in [-0.3, -0.25) is 4.90 Å². The fourth-order valence-corrected chi connectivity index (χ4v) is 6.55. The van der Waals surface area contributed by atoms with Crippen LogP contribution in [-0.2, 0) is 6.54 Å². The van der Waals surface area contributed by atoms with E-state index in [1.807, 2.05) is 12.4 Å².